The fraction of sp³-hybridized carbons (Fsp3) is 0.385. The van der Waals surface area contributed by atoms with Crippen molar-refractivity contribution in [1.29, 1.82) is 5.26 Å². The minimum absolute atomic E-state index is 0.251. The molecule has 0 aliphatic carbocycles. The van der Waals surface area contributed by atoms with E-state index < -0.39 is 6.09 Å². The molecular formula is C13H14N2O2S. The monoisotopic (exact) mass is 262 g/mol. The molecule has 1 aliphatic rings. The molecule has 0 N–H and O–H groups in total. The van der Waals surface area contributed by atoms with Gasteiger partial charge in [0.05, 0.1) is 6.07 Å². The van der Waals surface area contributed by atoms with E-state index >= 15 is 0 Å². The van der Waals surface area contributed by atoms with Gasteiger partial charge in [0.15, 0.2) is 0 Å². The maximum atomic E-state index is 11.9. The van der Waals surface area contributed by atoms with Crippen LogP contribution in [0.25, 0.3) is 0 Å². The van der Waals surface area contributed by atoms with Gasteiger partial charge in [-0.05, 0) is 5.56 Å². The first-order chi connectivity index (χ1) is 8.81. The molecule has 1 unspecified atom stereocenters. The maximum Gasteiger partial charge on any atom is 0.411 e. The van der Waals surface area contributed by atoms with Crippen LogP contribution in [0.15, 0.2) is 30.3 Å². The highest BCUT2D eigenvalue weighted by Crippen LogP contribution is 2.17. The van der Waals surface area contributed by atoms with Crippen molar-refractivity contribution in [3.05, 3.63) is 35.9 Å². The second kappa shape index (κ2) is 6.31. The summed E-state index contributed by atoms with van der Waals surface area (Å²) < 4.78 is 5.23. The molecule has 0 aromatic heterocycles. The molecular weight excluding hydrogens is 248 g/mol. The zero-order valence-electron chi connectivity index (χ0n) is 9.91. The van der Waals surface area contributed by atoms with Crippen molar-refractivity contribution >= 4 is 17.9 Å². The second-order valence-corrected chi connectivity index (χ2v) is 5.10. The van der Waals surface area contributed by atoms with Gasteiger partial charge in [-0.25, -0.2) is 4.79 Å². The Morgan fingerprint density at radius 3 is 3.00 bits per heavy atom. The molecule has 0 saturated carbocycles. The molecule has 1 aromatic carbocycles. The number of ether oxygens (including phenoxy) is 1. The molecule has 1 amide bonds. The maximum absolute atomic E-state index is 11.9. The predicted octanol–water partition coefficient (Wildman–Crippen LogP) is 2.26. The van der Waals surface area contributed by atoms with Crippen molar-refractivity contribution in [3.63, 3.8) is 0 Å². The van der Waals surface area contributed by atoms with E-state index in [1.165, 1.54) is 4.90 Å². The van der Waals surface area contributed by atoms with Crippen LogP contribution in [0.4, 0.5) is 4.79 Å². The number of nitriles is 1. The molecule has 1 aliphatic heterocycles. The predicted molar refractivity (Wildman–Crippen MR) is 70.1 cm³/mol. The summed E-state index contributed by atoms with van der Waals surface area (Å²) in [5.41, 5.74) is 0.950. The highest BCUT2D eigenvalue weighted by Gasteiger charge is 2.27. The van der Waals surface area contributed by atoms with E-state index in [-0.39, 0.29) is 12.6 Å². The number of thioether (sulfide) groups is 1. The van der Waals surface area contributed by atoms with Crippen molar-refractivity contribution < 1.29 is 9.53 Å². The Balaban J connectivity index is 1.89. The lowest BCUT2D eigenvalue weighted by molar-refractivity contribution is 0.0924. The van der Waals surface area contributed by atoms with E-state index in [9.17, 15) is 4.79 Å². The molecule has 5 heteroatoms. The summed E-state index contributed by atoms with van der Waals surface area (Å²) in [6.45, 7) is 0.831. The van der Waals surface area contributed by atoms with Crippen molar-refractivity contribution in [2.45, 2.75) is 12.6 Å². The van der Waals surface area contributed by atoms with Crippen LogP contribution in [-0.2, 0) is 11.3 Å². The van der Waals surface area contributed by atoms with Gasteiger partial charge in [-0.1, -0.05) is 30.3 Å². The van der Waals surface area contributed by atoms with Gasteiger partial charge in [0.25, 0.3) is 0 Å². The molecule has 2 rings (SSSR count). The Hall–Kier alpha value is -1.67. The van der Waals surface area contributed by atoms with Gasteiger partial charge in [0.1, 0.15) is 12.6 Å². The Bertz CT molecular complexity index is 444. The number of rotatable bonds is 2. The number of carbonyl (C=O) groups excluding carboxylic acids is 1. The Morgan fingerprint density at radius 1 is 1.50 bits per heavy atom. The zero-order valence-corrected chi connectivity index (χ0v) is 10.7. The van der Waals surface area contributed by atoms with Gasteiger partial charge in [0, 0.05) is 18.1 Å². The zero-order chi connectivity index (χ0) is 12.8. The molecule has 0 spiro atoms. The molecule has 1 atom stereocenters. The fourth-order valence-electron chi connectivity index (χ4n) is 1.73. The SMILES string of the molecule is N#CC1CSCCN1C(=O)OCc1ccccc1. The number of amides is 1. The smallest absolute Gasteiger partial charge is 0.411 e. The topological polar surface area (TPSA) is 53.3 Å². The van der Waals surface area contributed by atoms with Crippen molar-refractivity contribution in [3.8, 4) is 6.07 Å². The second-order valence-electron chi connectivity index (χ2n) is 3.95. The largest absolute Gasteiger partial charge is 0.445 e. The van der Waals surface area contributed by atoms with Crippen LogP contribution in [0, 0.1) is 11.3 Å². The highest BCUT2D eigenvalue weighted by molar-refractivity contribution is 7.99. The van der Waals surface area contributed by atoms with Gasteiger partial charge in [0.2, 0.25) is 0 Å². The minimum Gasteiger partial charge on any atom is -0.445 e. The van der Waals surface area contributed by atoms with Crippen LogP contribution in [-0.4, -0.2) is 35.1 Å². The summed E-state index contributed by atoms with van der Waals surface area (Å²) in [7, 11) is 0. The third-order valence-corrected chi connectivity index (χ3v) is 3.74. The fourth-order valence-corrected chi connectivity index (χ4v) is 2.70. The van der Waals surface area contributed by atoms with Crippen molar-refractivity contribution in [2.24, 2.45) is 0 Å². The third kappa shape index (κ3) is 3.17. The summed E-state index contributed by atoms with van der Waals surface area (Å²) in [5, 5.41) is 8.98. The van der Waals surface area contributed by atoms with Crippen molar-refractivity contribution in [2.75, 3.05) is 18.1 Å². The van der Waals surface area contributed by atoms with E-state index in [0.717, 1.165) is 11.3 Å². The first-order valence-corrected chi connectivity index (χ1v) is 6.91. The molecule has 1 fully saturated rings. The summed E-state index contributed by atoms with van der Waals surface area (Å²) in [5.74, 6) is 1.52. The lowest BCUT2D eigenvalue weighted by Crippen LogP contribution is -2.45. The van der Waals surface area contributed by atoms with E-state index in [0.29, 0.717) is 12.3 Å². The average Bonchev–Trinajstić information content (AvgIpc) is 2.45. The molecule has 94 valence electrons. The Labute approximate surface area is 111 Å². The van der Waals surface area contributed by atoms with Crippen LogP contribution in [0.5, 0.6) is 0 Å². The Kier molecular flexibility index (Phi) is 4.48. The number of benzene rings is 1. The summed E-state index contributed by atoms with van der Waals surface area (Å²) in [6.07, 6.45) is -0.397. The number of hydrogen-bond acceptors (Lipinski definition) is 4. The van der Waals surface area contributed by atoms with Gasteiger partial charge < -0.3 is 4.74 Å². The van der Waals surface area contributed by atoms with Crippen LogP contribution in [0.3, 0.4) is 0 Å². The lowest BCUT2D eigenvalue weighted by atomic mass is 10.2. The number of hydrogen-bond donors (Lipinski definition) is 0. The summed E-state index contributed by atoms with van der Waals surface area (Å²) in [4.78, 5) is 13.4. The van der Waals surface area contributed by atoms with E-state index in [1.54, 1.807) is 11.8 Å². The van der Waals surface area contributed by atoms with E-state index in [1.807, 2.05) is 30.3 Å². The molecule has 1 saturated heterocycles. The lowest BCUT2D eigenvalue weighted by Gasteiger charge is -2.30. The molecule has 18 heavy (non-hydrogen) atoms. The van der Waals surface area contributed by atoms with Gasteiger partial charge in [-0.15, -0.1) is 0 Å². The van der Waals surface area contributed by atoms with Crippen molar-refractivity contribution in [1.82, 2.24) is 4.90 Å². The quantitative estimate of drug-likeness (QED) is 0.820. The molecule has 1 heterocycles. The Morgan fingerprint density at radius 2 is 2.28 bits per heavy atom. The highest BCUT2D eigenvalue weighted by atomic mass is 32.2. The van der Waals surface area contributed by atoms with E-state index in [2.05, 4.69) is 6.07 Å². The van der Waals surface area contributed by atoms with E-state index in [4.69, 9.17) is 10.00 Å². The number of nitrogens with zero attached hydrogens (tertiary/aromatic N) is 2. The van der Waals surface area contributed by atoms with Gasteiger partial charge in [-0.3, -0.25) is 4.90 Å². The van der Waals surface area contributed by atoms with Gasteiger partial charge >= 0.3 is 6.09 Å². The normalized spacial score (nSPS) is 19.1. The first kappa shape index (κ1) is 12.8. The van der Waals surface area contributed by atoms with Crippen LogP contribution < -0.4 is 0 Å². The van der Waals surface area contributed by atoms with Crippen LogP contribution >= 0.6 is 11.8 Å². The van der Waals surface area contributed by atoms with Crippen LogP contribution in [0.2, 0.25) is 0 Å². The molecule has 1 aromatic rings. The summed E-state index contributed by atoms with van der Waals surface area (Å²) in [6, 6.07) is 11.3. The number of carbonyl (C=O) groups is 1. The average molecular weight is 262 g/mol. The standard InChI is InChI=1S/C13H14N2O2S/c14-8-12-10-18-7-6-15(12)13(16)17-9-11-4-2-1-3-5-11/h1-5,12H,6-7,9-10H2. The first-order valence-electron chi connectivity index (χ1n) is 5.76. The molecule has 0 radical (unpaired) electrons. The molecule has 4 nitrogen and oxygen atoms in total. The third-order valence-electron chi connectivity index (χ3n) is 2.72. The minimum atomic E-state index is -0.397. The van der Waals surface area contributed by atoms with Gasteiger partial charge in [-0.2, -0.15) is 17.0 Å². The molecule has 0 bridgehead atoms. The van der Waals surface area contributed by atoms with Crippen LogP contribution in [0.1, 0.15) is 5.56 Å². The summed E-state index contributed by atoms with van der Waals surface area (Å²) >= 11 is 1.69.